The molecule has 2 fully saturated rings. The molecule has 2 aliphatic rings. The van der Waals surface area contributed by atoms with Gasteiger partial charge in [-0.2, -0.15) is 0 Å². The molecule has 0 bridgehead atoms. The van der Waals surface area contributed by atoms with E-state index >= 15 is 0 Å². The second kappa shape index (κ2) is 4.10. The summed E-state index contributed by atoms with van der Waals surface area (Å²) in [6.07, 6.45) is 3.74. The highest BCUT2D eigenvalue weighted by molar-refractivity contribution is 5.80. The molecule has 4 unspecified atom stereocenters. The summed E-state index contributed by atoms with van der Waals surface area (Å²) in [5.41, 5.74) is 11.7. The van der Waals surface area contributed by atoms with Crippen molar-refractivity contribution in [1.29, 1.82) is 0 Å². The number of hydrogen-bond donors (Lipinski definition) is 2. The van der Waals surface area contributed by atoms with E-state index in [0.717, 1.165) is 32.2 Å². The summed E-state index contributed by atoms with van der Waals surface area (Å²) < 4.78 is 0. The topological polar surface area (TPSA) is 72.3 Å². The second-order valence-corrected chi connectivity index (χ2v) is 4.99. The Morgan fingerprint density at radius 1 is 1.27 bits per heavy atom. The van der Waals surface area contributed by atoms with Gasteiger partial charge < -0.3 is 16.4 Å². The molecular weight excluding hydrogens is 190 g/mol. The van der Waals surface area contributed by atoms with Gasteiger partial charge in [-0.25, -0.2) is 0 Å². The van der Waals surface area contributed by atoms with Gasteiger partial charge in [0.05, 0.1) is 0 Å². The van der Waals surface area contributed by atoms with E-state index in [1.807, 2.05) is 11.8 Å². The monoisotopic (exact) mass is 211 g/mol. The lowest BCUT2D eigenvalue weighted by Gasteiger charge is -2.26. The molecule has 2 rings (SSSR count). The fraction of sp³-hybridized carbons (Fsp3) is 0.909. The van der Waals surface area contributed by atoms with E-state index in [1.165, 1.54) is 0 Å². The van der Waals surface area contributed by atoms with Crippen molar-refractivity contribution in [3.8, 4) is 0 Å². The van der Waals surface area contributed by atoms with E-state index in [0.29, 0.717) is 0 Å². The minimum atomic E-state index is 0.157. The molecule has 0 radical (unpaired) electrons. The molecule has 4 nitrogen and oxygen atoms in total. The third-order valence-corrected chi connectivity index (χ3v) is 3.92. The molecule has 1 amide bonds. The molecule has 0 spiro atoms. The van der Waals surface area contributed by atoms with Crippen LogP contribution < -0.4 is 11.5 Å². The van der Waals surface area contributed by atoms with Gasteiger partial charge in [0.1, 0.15) is 0 Å². The Hall–Kier alpha value is -0.610. The molecule has 0 aromatic heterocycles. The highest BCUT2D eigenvalue weighted by Crippen LogP contribution is 2.28. The van der Waals surface area contributed by atoms with Gasteiger partial charge in [0, 0.05) is 30.6 Å². The number of carbonyl (C=O) groups excluding carboxylic acids is 1. The minimum absolute atomic E-state index is 0.157. The van der Waals surface area contributed by atoms with Crippen LogP contribution in [0.15, 0.2) is 0 Å². The van der Waals surface area contributed by atoms with E-state index in [-0.39, 0.29) is 30.0 Å². The highest BCUT2D eigenvalue weighted by atomic mass is 16.2. The number of likely N-dealkylation sites (tertiary alicyclic amines) is 1. The van der Waals surface area contributed by atoms with Crippen LogP contribution in [0.25, 0.3) is 0 Å². The molecule has 0 aromatic carbocycles. The van der Waals surface area contributed by atoms with E-state index in [1.54, 1.807) is 0 Å². The average Bonchev–Trinajstić information content (AvgIpc) is 2.75. The number of hydrogen-bond acceptors (Lipinski definition) is 3. The largest absolute Gasteiger partial charge is 0.338 e. The summed E-state index contributed by atoms with van der Waals surface area (Å²) in [4.78, 5) is 14.1. The van der Waals surface area contributed by atoms with E-state index in [4.69, 9.17) is 11.5 Å². The molecule has 1 heterocycles. The number of carbonyl (C=O) groups is 1. The lowest BCUT2D eigenvalue weighted by molar-refractivity contribution is -0.136. The summed E-state index contributed by atoms with van der Waals surface area (Å²) in [6, 6.07) is 0.587. The Morgan fingerprint density at radius 3 is 2.47 bits per heavy atom. The van der Waals surface area contributed by atoms with Gasteiger partial charge in [0.2, 0.25) is 5.91 Å². The first-order valence-corrected chi connectivity index (χ1v) is 5.91. The van der Waals surface area contributed by atoms with Crippen LogP contribution in [0.1, 0.15) is 32.6 Å². The molecule has 1 saturated carbocycles. The highest BCUT2D eigenvalue weighted by Gasteiger charge is 2.37. The molecule has 86 valence electrons. The van der Waals surface area contributed by atoms with E-state index in [2.05, 4.69) is 0 Å². The van der Waals surface area contributed by atoms with Crippen molar-refractivity contribution in [1.82, 2.24) is 4.90 Å². The Bertz CT molecular complexity index is 256. The number of nitrogens with two attached hydrogens (primary N) is 2. The third kappa shape index (κ3) is 2.01. The zero-order valence-corrected chi connectivity index (χ0v) is 9.36. The molecule has 4 atom stereocenters. The summed E-state index contributed by atoms with van der Waals surface area (Å²) in [6.45, 7) is 2.87. The predicted molar refractivity (Wildman–Crippen MR) is 59.1 cm³/mol. The van der Waals surface area contributed by atoms with Gasteiger partial charge >= 0.3 is 0 Å². The number of rotatable bonds is 1. The number of nitrogens with zero attached hydrogens (tertiary/aromatic N) is 1. The lowest BCUT2D eigenvalue weighted by atomic mass is 10.1. The van der Waals surface area contributed by atoms with Crippen molar-refractivity contribution in [3.05, 3.63) is 0 Å². The lowest BCUT2D eigenvalue weighted by Crippen LogP contribution is -2.42. The zero-order chi connectivity index (χ0) is 11.0. The maximum Gasteiger partial charge on any atom is 0.226 e. The first-order valence-electron chi connectivity index (χ1n) is 5.91. The Labute approximate surface area is 91.0 Å². The standard InChI is InChI=1S/C11H21N3O/c1-7-10(13)4-5-14(7)11(15)8-2-3-9(12)6-8/h7-10H,2-6,12-13H2,1H3. The first-order chi connectivity index (χ1) is 7.09. The van der Waals surface area contributed by atoms with Gasteiger partial charge in [-0.3, -0.25) is 4.79 Å². The van der Waals surface area contributed by atoms with E-state index in [9.17, 15) is 4.79 Å². The Kier molecular flexibility index (Phi) is 2.98. The molecule has 0 aromatic rings. The summed E-state index contributed by atoms with van der Waals surface area (Å²) >= 11 is 0. The van der Waals surface area contributed by atoms with Gasteiger partial charge in [-0.1, -0.05) is 0 Å². The summed E-state index contributed by atoms with van der Waals surface area (Å²) in [5.74, 6) is 0.441. The zero-order valence-electron chi connectivity index (χ0n) is 9.36. The molecule has 1 saturated heterocycles. The maximum atomic E-state index is 12.2. The van der Waals surface area contributed by atoms with Gasteiger partial charge in [0.25, 0.3) is 0 Å². The van der Waals surface area contributed by atoms with Gasteiger partial charge in [-0.05, 0) is 32.6 Å². The van der Waals surface area contributed by atoms with Crippen molar-refractivity contribution in [2.24, 2.45) is 17.4 Å². The van der Waals surface area contributed by atoms with Crippen molar-refractivity contribution in [2.75, 3.05) is 6.54 Å². The molecule has 15 heavy (non-hydrogen) atoms. The molecule has 4 N–H and O–H groups in total. The third-order valence-electron chi connectivity index (χ3n) is 3.92. The van der Waals surface area contributed by atoms with Crippen LogP contribution in [0, 0.1) is 5.92 Å². The summed E-state index contributed by atoms with van der Waals surface area (Å²) in [5, 5.41) is 0. The quantitative estimate of drug-likeness (QED) is 0.644. The smallest absolute Gasteiger partial charge is 0.226 e. The van der Waals surface area contributed by atoms with Crippen LogP contribution in [-0.2, 0) is 4.79 Å². The predicted octanol–water partition coefficient (Wildman–Crippen LogP) is 0.0619. The normalized spacial score (nSPS) is 41.1. The fourth-order valence-corrected chi connectivity index (χ4v) is 2.75. The number of amides is 1. The van der Waals surface area contributed by atoms with Crippen LogP contribution in [0.2, 0.25) is 0 Å². The first kappa shape index (κ1) is 10.9. The van der Waals surface area contributed by atoms with Crippen molar-refractivity contribution < 1.29 is 4.79 Å². The molecular formula is C11H21N3O. The van der Waals surface area contributed by atoms with Crippen molar-refractivity contribution >= 4 is 5.91 Å². The fourth-order valence-electron chi connectivity index (χ4n) is 2.75. The van der Waals surface area contributed by atoms with E-state index < -0.39 is 0 Å². The average molecular weight is 211 g/mol. The van der Waals surface area contributed by atoms with Crippen LogP contribution in [0.3, 0.4) is 0 Å². The van der Waals surface area contributed by atoms with Crippen LogP contribution >= 0.6 is 0 Å². The molecule has 1 aliphatic carbocycles. The van der Waals surface area contributed by atoms with Gasteiger partial charge in [-0.15, -0.1) is 0 Å². The Morgan fingerprint density at radius 2 is 2.00 bits per heavy atom. The maximum absolute atomic E-state index is 12.2. The molecule has 1 aliphatic heterocycles. The van der Waals surface area contributed by atoms with Gasteiger partial charge in [0.15, 0.2) is 0 Å². The second-order valence-electron chi connectivity index (χ2n) is 4.99. The molecule has 4 heteroatoms. The van der Waals surface area contributed by atoms with Crippen molar-refractivity contribution in [3.63, 3.8) is 0 Å². The van der Waals surface area contributed by atoms with Crippen LogP contribution in [0.4, 0.5) is 0 Å². The van der Waals surface area contributed by atoms with Crippen LogP contribution in [0.5, 0.6) is 0 Å². The van der Waals surface area contributed by atoms with Crippen LogP contribution in [-0.4, -0.2) is 35.5 Å². The minimum Gasteiger partial charge on any atom is -0.338 e. The Balaban J connectivity index is 1.96. The SMILES string of the molecule is CC1C(N)CCN1C(=O)C1CCC(N)C1. The van der Waals surface area contributed by atoms with Crippen molar-refractivity contribution in [2.45, 2.75) is 50.7 Å². The summed E-state index contributed by atoms with van der Waals surface area (Å²) in [7, 11) is 0.